The number of hydrogen-bond donors (Lipinski definition) is 1. The molecule has 7 heteroatoms. The average Bonchev–Trinajstić information content (AvgIpc) is 2.48. The van der Waals surface area contributed by atoms with Gasteiger partial charge in [0.2, 0.25) is 5.91 Å². The molecule has 0 unspecified atom stereocenters. The fraction of sp³-hybridized carbons (Fsp3) is 0.500. The number of hydrogen-bond acceptors (Lipinski definition) is 4. The highest BCUT2D eigenvalue weighted by molar-refractivity contribution is 9.10. The summed E-state index contributed by atoms with van der Waals surface area (Å²) in [5, 5.41) is 14.0. The largest absolute Gasteiger partial charge is 0.342 e. The van der Waals surface area contributed by atoms with Gasteiger partial charge in [-0.15, -0.1) is 0 Å². The second kappa shape index (κ2) is 7.51. The lowest BCUT2D eigenvalue weighted by Gasteiger charge is -2.26. The SMILES string of the molecule is O=C(CNCc1cc(Br)ccc1[N+](=O)[O-])N1CCCCC1. The fourth-order valence-corrected chi connectivity index (χ4v) is 2.84. The number of benzene rings is 1. The first-order valence-electron chi connectivity index (χ1n) is 6.99. The predicted molar refractivity (Wildman–Crippen MR) is 82.9 cm³/mol. The van der Waals surface area contributed by atoms with Gasteiger partial charge in [-0.3, -0.25) is 14.9 Å². The minimum absolute atomic E-state index is 0.0624. The monoisotopic (exact) mass is 355 g/mol. The van der Waals surface area contributed by atoms with Crippen molar-refractivity contribution in [2.45, 2.75) is 25.8 Å². The van der Waals surface area contributed by atoms with Crippen LogP contribution in [0.3, 0.4) is 0 Å². The molecule has 1 aliphatic heterocycles. The normalized spacial score (nSPS) is 15.0. The number of carbonyl (C=O) groups is 1. The van der Waals surface area contributed by atoms with Gasteiger partial charge in [0.1, 0.15) is 0 Å². The van der Waals surface area contributed by atoms with Crippen LogP contribution in [0.15, 0.2) is 22.7 Å². The molecule has 1 aromatic rings. The molecule has 1 aliphatic rings. The maximum atomic E-state index is 12.0. The molecular formula is C14H18BrN3O3. The Balaban J connectivity index is 1.89. The van der Waals surface area contributed by atoms with E-state index in [2.05, 4.69) is 21.2 Å². The summed E-state index contributed by atoms with van der Waals surface area (Å²) in [4.78, 5) is 24.4. The number of halogens is 1. The number of nitro benzene ring substituents is 1. The Bertz CT molecular complexity index is 530. The third kappa shape index (κ3) is 4.50. The number of nitro groups is 1. The fourth-order valence-electron chi connectivity index (χ4n) is 2.43. The van der Waals surface area contributed by atoms with E-state index >= 15 is 0 Å². The van der Waals surface area contributed by atoms with Crippen molar-refractivity contribution in [1.82, 2.24) is 10.2 Å². The van der Waals surface area contributed by atoms with E-state index in [0.717, 1.165) is 30.4 Å². The van der Waals surface area contributed by atoms with Crippen molar-refractivity contribution < 1.29 is 9.72 Å². The Morgan fingerprint density at radius 3 is 2.71 bits per heavy atom. The molecule has 0 saturated carbocycles. The first kappa shape index (κ1) is 15.9. The lowest BCUT2D eigenvalue weighted by atomic mass is 10.1. The molecular weight excluding hydrogens is 338 g/mol. The molecule has 114 valence electrons. The summed E-state index contributed by atoms with van der Waals surface area (Å²) in [7, 11) is 0. The topological polar surface area (TPSA) is 75.5 Å². The molecule has 1 amide bonds. The number of amides is 1. The molecule has 1 saturated heterocycles. The second-order valence-corrected chi connectivity index (χ2v) is 5.99. The molecule has 0 aliphatic carbocycles. The van der Waals surface area contributed by atoms with Crippen LogP contribution < -0.4 is 5.32 Å². The second-order valence-electron chi connectivity index (χ2n) is 5.08. The summed E-state index contributed by atoms with van der Waals surface area (Å²) in [6.45, 7) is 2.15. The van der Waals surface area contributed by atoms with Crippen molar-refractivity contribution >= 4 is 27.5 Å². The highest BCUT2D eigenvalue weighted by Crippen LogP contribution is 2.22. The molecule has 1 heterocycles. The van der Waals surface area contributed by atoms with Crippen molar-refractivity contribution in [3.63, 3.8) is 0 Å². The van der Waals surface area contributed by atoms with Gasteiger partial charge in [0.05, 0.1) is 11.5 Å². The minimum atomic E-state index is -0.407. The number of carbonyl (C=O) groups excluding carboxylic acids is 1. The summed E-state index contributed by atoms with van der Waals surface area (Å²) < 4.78 is 0.784. The summed E-state index contributed by atoms with van der Waals surface area (Å²) in [5.41, 5.74) is 0.636. The molecule has 0 aromatic heterocycles. The van der Waals surface area contributed by atoms with Crippen molar-refractivity contribution in [3.8, 4) is 0 Å². The lowest BCUT2D eigenvalue weighted by Crippen LogP contribution is -2.41. The minimum Gasteiger partial charge on any atom is -0.342 e. The van der Waals surface area contributed by atoms with Crippen LogP contribution in [-0.4, -0.2) is 35.4 Å². The lowest BCUT2D eigenvalue weighted by molar-refractivity contribution is -0.385. The summed E-state index contributed by atoms with van der Waals surface area (Å²) in [5.74, 6) is 0.0624. The number of nitrogens with zero attached hydrogens (tertiary/aromatic N) is 2. The van der Waals surface area contributed by atoms with Gasteiger partial charge in [0.25, 0.3) is 5.69 Å². The van der Waals surface area contributed by atoms with Crippen molar-refractivity contribution in [3.05, 3.63) is 38.3 Å². The van der Waals surface area contributed by atoms with Gasteiger partial charge < -0.3 is 10.2 Å². The van der Waals surface area contributed by atoms with Gasteiger partial charge in [0, 0.05) is 35.7 Å². The summed E-state index contributed by atoms with van der Waals surface area (Å²) in [6, 6.07) is 4.81. The Hall–Kier alpha value is -1.47. The van der Waals surface area contributed by atoms with E-state index < -0.39 is 4.92 Å². The van der Waals surface area contributed by atoms with E-state index in [1.54, 1.807) is 12.1 Å². The van der Waals surface area contributed by atoms with E-state index in [-0.39, 0.29) is 18.1 Å². The van der Waals surface area contributed by atoms with Gasteiger partial charge in [-0.2, -0.15) is 0 Å². The van der Waals surface area contributed by atoms with Crippen LogP contribution in [0.25, 0.3) is 0 Å². The van der Waals surface area contributed by atoms with Gasteiger partial charge in [0.15, 0.2) is 0 Å². The van der Waals surface area contributed by atoms with E-state index in [1.165, 1.54) is 12.5 Å². The third-order valence-electron chi connectivity index (χ3n) is 3.54. The molecule has 1 fully saturated rings. The molecule has 1 aromatic carbocycles. The zero-order chi connectivity index (χ0) is 15.2. The molecule has 6 nitrogen and oxygen atoms in total. The molecule has 2 rings (SSSR count). The van der Waals surface area contributed by atoms with E-state index in [1.807, 2.05) is 4.90 Å². The zero-order valence-electron chi connectivity index (χ0n) is 11.7. The highest BCUT2D eigenvalue weighted by atomic mass is 79.9. The predicted octanol–water partition coefficient (Wildman–Crippen LogP) is 2.46. The number of rotatable bonds is 5. The molecule has 0 atom stereocenters. The van der Waals surface area contributed by atoms with Gasteiger partial charge >= 0.3 is 0 Å². The Morgan fingerprint density at radius 1 is 1.33 bits per heavy atom. The van der Waals surface area contributed by atoms with Crippen LogP contribution >= 0.6 is 15.9 Å². The van der Waals surface area contributed by atoms with Gasteiger partial charge in [-0.05, 0) is 31.4 Å². The quantitative estimate of drug-likeness (QED) is 0.650. The van der Waals surface area contributed by atoms with Gasteiger partial charge in [-0.1, -0.05) is 15.9 Å². The van der Waals surface area contributed by atoms with Crippen molar-refractivity contribution in [1.29, 1.82) is 0 Å². The molecule has 21 heavy (non-hydrogen) atoms. The Morgan fingerprint density at radius 2 is 2.05 bits per heavy atom. The van der Waals surface area contributed by atoms with Crippen LogP contribution in [0.4, 0.5) is 5.69 Å². The van der Waals surface area contributed by atoms with Gasteiger partial charge in [-0.25, -0.2) is 0 Å². The smallest absolute Gasteiger partial charge is 0.273 e. The first-order valence-corrected chi connectivity index (χ1v) is 7.78. The molecule has 0 bridgehead atoms. The van der Waals surface area contributed by atoms with Crippen LogP contribution in [0.2, 0.25) is 0 Å². The highest BCUT2D eigenvalue weighted by Gasteiger charge is 2.17. The van der Waals surface area contributed by atoms with Crippen LogP contribution in [0.1, 0.15) is 24.8 Å². The first-order chi connectivity index (χ1) is 10.1. The number of likely N-dealkylation sites (tertiary alicyclic amines) is 1. The van der Waals surface area contributed by atoms with E-state index in [9.17, 15) is 14.9 Å². The van der Waals surface area contributed by atoms with E-state index in [0.29, 0.717) is 12.1 Å². The van der Waals surface area contributed by atoms with Crippen molar-refractivity contribution in [2.24, 2.45) is 0 Å². The maximum absolute atomic E-state index is 12.0. The Kier molecular flexibility index (Phi) is 5.69. The molecule has 1 N–H and O–H groups in total. The number of piperidine rings is 1. The van der Waals surface area contributed by atoms with E-state index in [4.69, 9.17) is 0 Å². The van der Waals surface area contributed by atoms with Crippen molar-refractivity contribution in [2.75, 3.05) is 19.6 Å². The summed E-state index contributed by atoms with van der Waals surface area (Å²) >= 11 is 3.30. The molecule has 0 radical (unpaired) electrons. The zero-order valence-corrected chi connectivity index (χ0v) is 13.3. The van der Waals surface area contributed by atoms with Crippen LogP contribution in [0, 0.1) is 10.1 Å². The van der Waals surface area contributed by atoms with Crippen LogP contribution in [0.5, 0.6) is 0 Å². The third-order valence-corrected chi connectivity index (χ3v) is 4.03. The standard InChI is InChI=1S/C14H18BrN3O3/c15-12-4-5-13(18(20)21)11(8-12)9-16-10-14(19)17-6-2-1-3-7-17/h4-5,8,16H,1-3,6-7,9-10H2. The average molecular weight is 356 g/mol. The van der Waals surface area contributed by atoms with Crippen LogP contribution in [-0.2, 0) is 11.3 Å². The number of nitrogens with one attached hydrogen (secondary N) is 1. The summed E-state index contributed by atoms with van der Waals surface area (Å²) in [6.07, 6.45) is 3.30. The Labute approximate surface area is 131 Å². The molecule has 0 spiro atoms. The maximum Gasteiger partial charge on any atom is 0.273 e.